The zero-order valence-electron chi connectivity index (χ0n) is 7.06. The van der Waals surface area contributed by atoms with Gasteiger partial charge in [0.05, 0.1) is 0 Å². The molecule has 0 aromatic heterocycles. The van der Waals surface area contributed by atoms with Gasteiger partial charge < -0.3 is 0 Å². The monoisotopic (exact) mass is 213 g/mol. The number of allylic oxidation sites excluding steroid dienone is 8. The van der Waals surface area contributed by atoms with E-state index >= 15 is 0 Å². The molecule has 0 fully saturated rings. The van der Waals surface area contributed by atoms with E-state index in [1.165, 1.54) is 0 Å². The quantitative estimate of drug-likeness (QED) is 0.507. The molecule has 0 aliphatic heterocycles. The van der Waals surface area contributed by atoms with Crippen molar-refractivity contribution in [3.8, 4) is 0 Å². The first-order chi connectivity index (χ1) is 6.33. The van der Waals surface area contributed by atoms with Gasteiger partial charge in [-0.25, -0.2) is 0 Å². The van der Waals surface area contributed by atoms with Gasteiger partial charge in [0.1, 0.15) is 0 Å². The molecule has 67 valence electrons. The molecule has 0 amide bonds. The van der Waals surface area contributed by atoms with Crippen LogP contribution < -0.4 is 0 Å². The Hall–Kier alpha value is -0.851. The molecule has 0 heterocycles. The summed E-state index contributed by atoms with van der Waals surface area (Å²) in [7, 11) is 0. The Labute approximate surface area is 85.7 Å². The molecule has 0 saturated heterocycles. The van der Waals surface area contributed by atoms with Gasteiger partial charge in [-0.1, -0.05) is 0 Å². The van der Waals surface area contributed by atoms with Crippen LogP contribution in [0, 0.1) is 0 Å². The van der Waals surface area contributed by atoms with Gasteiger partial charge in [0.25, 0.3) is 0 Å². The first kappa shape index (κ1) is 8.73. The Balaban J connectivity index is 2.42. The van der Waals surface area contributed by atoms with Crippen LogP contribution in [0.15, 0.2) is 45.5 Å². The fraction of sp³-hybridized carbons (Fsp3) is 0.182. The first-order valence-electron chi connectivity index (χ1n) is 4.22. The second kappa shape index (κ2) is 3.49. The van der Waals surface area contributed by atoms with Gasteiger partial charge in [0.15, 0.2) is 0 Å². The molecule has 2 aliphatic carbocycles. The van der Waals surface area contributed by atoms with E-state index in [2.05, 4.69) is 28.2 Å². The van der Waals surface area contributed by atoms with E-state index in [1.807, 2.05) is 12.2 Å². The molecule has 0 N–H and O–H groups in total. The van der Waals surface area contributed by atoms with Gasteiger partial charge >= 0.3 is 85.4 Å². The van der Waals surface area contributed by atoms with E-state index in [-0.39, 0.29) is 0 Å². The molecule has 0 aromatic rings. The van der Waals surface area contributed by atoms with E-state index in [1.54, 1.807) is 0 Å². The number of aldehydes is 1. The number of carbonyl (C=O) groups excluding carboxylic acids is 1. The Bertz CT molecular complexity index is 370. The van der Waals surface area contributed by atoms with Crippen molar-refractivity contribution in [3.05, 3.63) is 45.5 Å². The normalized spacial score (nSPS) is 20.7. The number of rotatable bonds is 2. The predicted molar refractivity (Wildman–Crippen MR) is 47.6 cm³/mol. The van der Waals surface area contributed by atoms with Crippen molar-refractivity contribution >= 4 is 6.29 Å². The van der Waals surface area contributed by atoms with Crippen molar-refractivity contribution in [2.45, 2.75) is 12.8 Å². The third-order valence-electron chi connectivity index (χ3n) is 2.28. The maximum atomic E-state index is 10.7. The van der Waals surface area contributed by atoms with Crippen LogP contribution in [0.5, 0.6) is 0 Å². The molecule has 0 radical (unpaired) electrons. The fourth-order valence-corrected chi connectivity index (χ4v) is 2.02. The van der Waals surface area contributed by atoms with E-state index in [9.17, 15) is 4.79 Å². The zero-order valence-corrected chi connectivity index (χ0v) is 8.17. The Morgan fingerprint density at radius 2 is 2.00 bits per heavy atom. The molecular formula is C11H9FeO. The average Bonchev–Trinajstić information content (AvgIpc) is 2.71. The second-order valence-corrected chi connectivity index (χ2v) is 3.74. The maximum absolute atomic E-state index is 10.7. The number of carbonyl (C=O) groups is 1. The summed E-state index contributed by atoms with van der Waals surface area (Å²) in [5.74, 6) is 0. The Morgan fingerprint density at radius 3 is 2.62 bits per heavy atom. The molecule has 0 bridgehead atoms. The zero-order chi connectivity index (χ0) is 9.26. The summed E-state index contributed by atoms with van der Waals surface area (Å²) in [4.78, 5) is 10.7. The van der Waals surface area contributed by atoms with Crippen molar-refractivity contribution < 1.29 is 20.8 Å². The minimum absolute atomic E-state index is 0.808. The first-order valence-corrected chi connectivity index (χ1v) is 4.77. The minimum atomic E-state index is 0.808. The van der Waals surface area contributed by atoms with E-state index < -0.39 is 0 Å². The van der Waals surface area contributed by atoms with Crippen molar-refractivity contribution in [2.24, 2.45) is 0 Å². The third kappa shape index (κ3) is 1.48. The van der Waals surface area contributed by atoms with E-state index in [0.717, 1.165) is 40.3 Å². The third-order valence-corrected chi connectivity index (χ3v) is 2.80. The Kier molecular flexibility index (Phi) is 2.34. The van der Waals surface area contributed by atoms with Crippen molar-refractivity contribution in [1.82, 2.24) is 0 Å². The van der Waals surface area contributed by atoms with Gasteiger partial charge in [-0.05, 0) is 0 Å². The molecular weight excluding hydrogens is 204 g/mol. The van der Waals surface area contributed by atoms with Gasteiger partial charge in [0.2, 0.25) is 0 Å². The molecule has 1 nitrogen and oxygen atoms in total. The summed E-state index contributed by atoms with van der Waals surface area (Å²) >= 11 is 3.97. The van der Waals surface area contributed by atoms with Crippen LogP contribution in [0.25, 0.3) is 0 Å². The summed E-state index contributed by atoms with van der Waals surface area (Å²) in [5.41, 5.74) is 3.10. The summed E-state index contributed by atoms with van der Waals surface area (Å²) in [6.45, 7) is 0. The summed E-state index contributed by atoms with van der Waals surface area (Å²) in [5, 5.41) is 0. The topological polar surface area (TPSA) is 17.1 Å². The summed E-state index contributed by atoms with van der Waals surface area (Å²) in [6, 6.07) is 0. The van der Waals surface area contributed by atoms with Crippen LogP contribution in [-0.4, -0.2) is 6.29 Å². The van der Waals surface area contributed by atoms with Crippen molar-refractivity contribution in [2.75, 3.05) is 0 Å². The van der Waals surface area contributed by atoms with Crippen LogP contribution in [-0.2, 0) is 20.8 Å². The van der Waals surface area contributed by atoms with Crippen LogP contribution in [0.1, 0.15) is 12.8 Å². The molecule has 2 aliphatic rings. The van der Waals surface area contributed by atoms with Crippen LogP contribution in [0.3, 0.4) is 0 Å². The Morgan fingerprint density at radius 1 is 1.23 bits per heavy atom. The average molecular weight is 213 g/mol. The number of hydrogen-bond donors (Lipinski definition) is 0. The van der Waals surface area contributed by atoms with Crippen molar-refractivity contribution in [1.29, 1.82) is 0 Å². The molecule has 2 heteroatoms. The fourth-order valence-electron chi connectivity index (χ4n) is 1.63. The molecule has 13 heavy (non-hydrogen) atoms. The second-order valence-electron chi connectivity index (χ2n) is 3.07. The van der Waals surface area contributed by atoms with Crippen LogP contribution >= 0.6 is 0 Å². The van der Waals surface area contributed by atoms with Gasteiger partial charge in [0, 0.05) is 0 Å². The predicted octanol–water partition coefficient (Wildman–Crippen LogP) is 2.20. The summed E-state index contributed by atoms with van der Waals surface area (Å²) in [6.07, 6.45) is 10.8. The van der Waals surface area contributed by atoms with Gasteiger partial charge in [-0.3, -0.25) is 0 Å². The standard InChI is InChI=1S/C11H9O.Fe/c12-8-10-6-3-7-11(10)9-4-1-2-5-9;/h1,3-4,6,8H,2,7H2;. The van der Waals surface area contributed by atoms with Crippen LogP contribution in [0.4, 0.5) is 0 Å². The molecule has 0 spiro atoms. The van der Waals surface area contributed by atoms with E-state index in [4.69, 9.17) is 0 Å². The molecule has 0 unspecified atom stereocenters. The SMILES string of the molecule is O=CC1=C(C2=[C]([Fe])CC=C2)CC=C1. The van der Waals surface area contributed by atoms with Crippen LogP contribution in [0.2, 0.25) is 0 Å². The van der Waals surface area contributed by atoms with Gasteiger partial charge in [-0.2, -0.15) is 0 Å². The number of hydrogen-bond acceptors (Lipinski definition) is 1. The van der Waals surface area contributed by atoms with E-state index in [0.29, 0.717) is 0 Å². The van der Waals surface area contributed by atoms with Gasteiger partial charge in [-0.15, -0.1) is 0 Å². The molecule has 0 saturated carbocycles. The van der Waals surface area contributed by atoms with Crippen molar-refractivity contribution in [3.63, 3.8) is 0 Å². The molecule has 0 atom stereocenters. The molecule has 2 rings (SSSR count). The summed E-state index contributed by atoms with van der Waals surface area (Å²) < 4.78 is 1.12. The molecule has 0 aromatic carbocycles.